The van der Waals surface area contributed by atoms with Crippen molar-refractivity contribution in [3.05, 3.63) is 71.5 Å². The van der Waals surface area contributed by atoms with Crippen LogP contribution in [0.2, 0.25) is 0 Å². The molecule has 0 saturated carbocycles. The van der Waals surface area contributed by atoms with Gasteiger partial charge in [-0.1, -0.05) is 42.2 Å². The average Bonchev–Trinajstić information content (AvgIpc) is 2.45. The average molecular weight is 267 g/mol. The molecule has 0 aliphatic carbocycles. The zero-order valence-corrected chi connectivity index (χ0v) is 10.9. The number of carbonyl (C=O) groups excluding carboxylic acids is 1. The molecule has 3 heteroatoms. The van der Waals surface area contributed by atoms with E-state index in [0.29, 0.717) is 5.56 Å². The number of hydrogen-bond donors (Lipinski definition) is 1. The van der Waals surface area contributed by atoms with E-state index in [-0.39, 0.29) is 24.7 Å². The SMILES string of the molecule is O=C(Cc1cccc(F)c1)NCC#Cc1ccccc1. The molecule has 0 radical (unpaired) electrons. The Kier molecular flexibility index (Phi) is 4.91. The van der Waals surface area contributed by atoms with Gasteiger partial charge in [0.15, 0.2) is 0 Å². The highest BCUT2D eigenvalue weighted by Gasteiger charge is 2.02. The highest BCUT2D eigenvalue weighted by atomic mass is 19.1. The second kappa shape index (κ2) is 7.10. The van der Waals surface area contributed by atoms with Crippen LogP contribution >= 0.6 is 0 Å². The molecule has 0 aliphatic heterocycles. The Bertz CT molecular complexity index is 641. The second-order valence-corrected chi connectivity index (χ2v) is 4.25. The molecule has 0 unspecified atom stereocenters. The summed E-state index contributed by atoms with van der Waals surface area (Å²) in [5, 5.41) is 2.69. The third kappa shape index (κ3) is 4.58. The monoisotopic (exact) mass is 267 g/mol. The second-order valence-electron chi connectivity index (χ2n) is 4.25. The molecule has 2 aromatic rings. The van der Waals surface area contributed by atoms with Gasteiger partial charge >= 0.3 is 0 Å². The first kappa shape index (κ1) is 13.8. The van der Waals surface area contributed by atoms with Gasteiger partial charge in [0.25, 0.3) is 0 Å². The Labute approximate surface area is 117 Å². The van der Waals surface area contributed by atoms with Gasteiger partial charge < -0.3 is 5.32 Å². The summed E-state index contributed by atoms with van der Waals surface area (Å²) in [6, 6.07) is 15.6. The predicted octanol–water partition coefficient (Wildman–Crippen LogP) is 2.54. The topological polar surface area (TPSA) is 29.1 Å². The first-order valence-electron chi connectivity index (χ1n) is 6.29. The quantitative estimate of drug-likeness (QED) is 0.851. The normalized spacial score (nSPS) is 9.45. The summed E-state index contributed by atoms with van der Waals surface area (Å²) >= 11 is 0. The summed E-state index contributed by atoms with van der Waals surface area (Å²) in [6.07, 6.45) is 0.158. The zero-order valence-electron chi connectivity index (χ0n) is 10.9. The summed E-state index contributed by atoms with van der Waals surface area (Å²) in [5.74, 6) is 5.32. The molecule has 100 valence electrons. The molecule has 2 nitrogen and oxygen atoms in total. The number of carbonyl (C=O) groups is 1. The van der Waals surface area contributed by atoms with E-state index >= 15 is 0 Å². The Morgan fingerprint density at radius 1 is 1.10 bits per heavy atom. The molecule has 1 N–H and O–H groups in total. The van der Waals surface area contributed by atoms with Crippen LogP contribution in [0.5, 0.6) is 0 Å². The van der Waals surface area contributed by atoms with Crippen molar-refractivity contribution >= 4 is 5.91 Å². The lowest BCUT2D eigenvalue weighted by atomic mass is 10.1. The lowest BCUT2D eigenvalue weighted by molar-refractivity contribution is -0.120. The van der Waals surface area contributed by atoms with Crippen LogP contribution < -0.4 is 5.32 Å². The fourth-order valence-corrected chi connectivity index (χ4v) is 1.71. The van der Waals surface area contributed by atoms with Crippen molar-refractivity contribution in [1.82, 2.24) is 5.32 Å². The number of halogens is 1. The van der Waals surface area contributed by atoms with E-state index in [4.69, 9.17) is 0 Å². The van der Waals surface area contributed by atoms with Gasteiger partial charge in [0.05, 0.1) is 13.0 Å². The highest BCUT2D eigenvalue weighted by Crippen LogP contribution is 2.03. The van der Waals surface area contributed by atoms with Gasteiger partial charge in [-0.25, -0.2) is 4.39 Å². The molecule has 20 heavy (non-hydrogen) atoms. The summed E-state index contributed by atoms with van der Waals surface area (Å²) in [7, 11) is 0. The Morgan fingerprint density at radius 3 is 2.65 bits per heavy atom. The highest BCUT2D eigenvalue weighted by molar-refractivity contribution is 5.78. The Hall–Kier alpha value is -2.60. The Morgan fingerprint density at radius 2 is 1.90 bits per heavy atom. The van der Waals surface area contributed by atoms with Gasteiger partial charge in [-0.05, 0) is 29.8 Å². The third-order valence-electron chi connectivity index (χ3n) is 2.63. The van der Waals surface area contributed by atoms with Crippen LogP contribution in [0.1, 0.15) is 11.1 Å². The lowest BCUT2D eigenvalue weighted by Crippen LogP contribution is -2.25. The molecule has 0 heterocycles. The smallest absolute Gasteiger partial charge is 0.225 e. The van der Waals surface area contributed by atoms with E-state index in [1.54, 1.807) is 12.1 Å². The maximum atomic E-state index is 13.0. The minimum Gasteiger partial charge on any atom is -0.345 e. The van der Waals surface area contributed by atoms with Crippen LogP contribution in [0.3, 0.4) is 0 Å². The van der Waals surface area contributed by atoms with E-state index < -0.39 is 0 Å². The fraction of sp³-hybridized carbons (Fsp3) is 0.118. The van der Waals surface area contributed by atoms with E-state index in [1.165, 1.54) is 12.1 Å². The van der Waals surface area contributed by atoms with Crippen molar-refractivity contribution in [2.24, 2.45) is 0 Å². The van der Waals surface area contributed by atoms with Gasteiger partial charge in [0.1, 0.15) is 5.82 Å². The van der Waals surface area contributed by atoms with E-state index in [1.807, 2.05) is 30.3 Å². The molecule has 0 spiro atoms. The van der Waals surface area contributed by atoms with E-state index in [9.17, 15) is 9.18 Å². The molecule has 0 aromatic heterocycles. The van der Waals surface area contributed by atoms with Gasteiger partial charge in [0.2, 0.25) is 5.91 Å². The van der Waals surface area contributed by atoms with Crippen LogP contribution in [0.25, 0.3) is 0 Å². The zero-order chi connectivity index (χ0) is 14.2. The van der Waals surface area contributed by atoms with Crippen molar-refractivity contribution in [3.8, 4) is 11.8 Å². The fourth-order valence-electron chi connectivity index (χ4n) is 1.71. The summed E-state index contributed by atoms with van der Waals surface area (Å²) in [4.78, 5) is 11.6. The summed E-state index contributed by atoms with van der Waals surface area (Å²) in [6.45, 7) is 0.281. The maximum Gasteiger partial charge on any atom is 0.225 e. The van der Waals surface area contributed by atoms with Gasteiger partial charge in [-0.15, -0.1) is 0 Å². The largest absolute Gasteiger partial charge is 0.345 e. The molecule has 0 fully saturated rings. The Balaban J connectivity index is 1.80. The number of benzene rings is 2. The molecule has 0 aliphatic rings. The molecule has 0 atom stereocenters. The van der Waals surface area contributed by atoms with Crippen molar-refractivity contribution in [2.45, 2.75) is 6.42 Å². The molecule has 2 rings (SSSR count). The van der Waals surface area contributed by atoms with Crippen LogP contribution in [0.4, 0.5) is 4.39 Å². The van der Waals surface area contributed by atoms with Crippen LogP contribution in [-0.2, 0) is 11.2 Å². The molecular weight excluding hydrogens is 253 g/mol. The van der Waals surface area contributed by atoms with E-state index in [0.717, 1.165) is 5.56 Å². The van der Waals surface area contributed by atoms with Crippen molar-refractivity contribution in [2.75, 3.05) is 6.54 Å². The van der Waals surface area contributed by atoms with Crippen LogP contribution in [0.15, 0.2) is 54.6 Å². The van der Waals surface area contributed by atoms with Crippen molar-refractivity contribution < 1.29 is 9.18 Å². The molecular formula is C17H14FNO. The first-order valence-corrected chi connectivity index (χ1v) is 6.29. The molecule has 0 bridgehead atoms. The van der Waals surface area contributed by atoms with Crippen LogP contribution in [0, 0.1) is 17.7 Å². The van der Waals surface area contributed by atoms with Crippen molar-refractivity contribution in [3.63, 3.8) is 0 Å². The molecule has 1 amide bonds. The lowest BCUT2D eigenvalue weighted by Gasteiger charge is -2.01. The number of nitrogens with one attached hydrogen (secondary N) is 1. The summed E-state index contributed by atoms with van der Waals surface area (Å²) < 4.78 is 13.0. The molecule has 0 saturated heterocycles. The minimum absolute atomic E-state index is 0.158. The third-order valence-corrected chi connectivity index (χ3v) is 2.63. The standard InChI is InChI=1S/C17H14FNO/c18-16-10-4-8-15(12-16)13-17(20)19-11-5-9-14-6-2-1-3-7-14/h1-4,6-8,10,12H,11,13H2,(H,19,20). The van der Waals surface area contributed by atoms with Gasteiger partial charge in [0, 0.05) is 5.56 Å². The van der Waals surface area contributed by atoms with E-state index in [2.05, 4.69) is 17.2 Å². The van der Waals surface area contributed by atoms with Crippen molar-refractivity contribution in [1.29, 1.82) is 0 Å². The number of rotatable bonds is 3. The maximum absolute atomic E-state index is 13.0. The van der Waals surface area contributed by atoms with Gasteiger partial charge in [-0.2, -0.15) is 0 Å². The number of amides is 1. The molecule has 2 aromatic carbocycles. The van der Waals surface area contributed by atoms with Crippen LogP contribution in [-0.4, -0.2) is 12.5 Å². The van der Waals surface area contributed by atoms with Gasteiger partial charge in [-0.3, -0.25) is 4.79 Å². The predicted molar refractivity (Wildman–Crippen MR) is 76.4 cm³/mol. The minimum atomic E-state index is -0.334. The summed E-state index contributed by atoms with van der Waals surface area (Å²) in [5.41, 5.74) is 1.56. The number of hydrogen-bond acceptors (Lipinski definition) is 1. The first-order chi connectivity index (χ1) is 9.74.